The Hall–Kier alpha value is -2.48. The summed E-state index contributed by atoms with van der Waals surface area (Å²) in [6.45, 7) is 4.21. The van der Waals surface area contributed by atoms with E-state index in [2.05, 4.69) is 20.5 Å². The molecule has 0 spiro atoms. The first-order valence-electron chi connectivity index (χ1n) is 7.36. The van der Waals surface area contributed by atoms with Gasteiger partial charge >= 0.3 is 0 Å². The molecule has 2 aromatic heterocycles. The summed E-state index contributed by atoms with van der Waals surface area (Å²) in [7, 11) is 0. The number of aromatic nitrogens is 4. The Bertz CT molecular complexity index is 878. The monoisotopic (exact) mass is 345 g/mol. The Labute approximate surface area is 142 Å². The van der Waals surface area contributed by atoms with Gasteiger partial charge in [0.05, 0.1) is 5.75 Å². The molecule has 0 aliphatic rings. The van der Waals surface area contributed by atoms with Crippen LogP contribution >= 0.6 is 11.8 Å². The minimum Gasteiger partial charge on any atom is -0.351 e. The van der Waals surface area contributed by atoms with Crippen LogP contribution in [0.4, 0.5) is 4.39 Å². The Balaban J connectivity index is 1.59. The van der Waals surface area contributed by atoms with Crippen LogP contribution in [0.2, 0.25) is 0 Å². The standard InChI is InChI=1S/C16H16FN5OS/c1-10-7-11(2)22-15(19-10)20-21-16(22)24-9-14(23)18-8-12-3-5-13(17)6-4-12/h3-7H,8-9H2,1-2H3,(H,18,23). The minimum atomic E-state index is -0.293. The topological polar surface area (TPSA) is 72.2 Å². The first-order chi connectivity index (χ1) is 11.5. The molecule has 24 heavy (non-hydrogen) atoms. The van der Waals surface area contributed by atoms with E-state index >= 15 is 0 Å². The number of halogens is 1. The van der Waals surface area contributed by atoms with Crippen molar-refractivity contribution in [3.63, 3.8) is 0 Å². The summed E-state index contributed by atoms with van der Waals surface area (Å²) in [5.74, 6) is 0.328. The lowest BCUT2D eigenvalue weighted by Crippen LogP contribution is -2.24. The highest BCUT2D eigenvalue weighted by molar-refractivity contribution is 7.99. The maximum Gasteiger partial charge on any atom is 0.256 e. The van der Waals surface area contributed by atoms with Gasteiger partial charge in [-0.15, -0.1) is 10.2 Å². The normalized spacial score (nSPS) is 11.0. The van der Waals surface area contributed by atoms with E-state index in [0.717, 1.165) is 17.0 Å². The molecule has 0 aliphatic carbocycles. The Morgan fingerprint density at radius 3 is 2.75 bits per heavy atom. The van der Waals surface area contributed by atoms with Crippen molar-refractivity contribution in [3.05, 3.63) is 53.1 Å². The molecule has 1 aromatic carbocycles. The van der Waals surface area contributed by atoms with Crippen molar-refractivity contribution >= 4 is 23.4 Å². The summed E-state index contributed by atoms with van der Waals surface area (Å²) in [4.78, 5) is 16.3. The fraction of sp³-hybridized carbons (Fsp3) is 0.250. The number of benzene rings is 1. The number of nitrogens with zero attached hydrogens (tertiary/aromatic N) is 4. The Morgan fingerprint density at radius 1 is 1.25 bits per heavy atom. The van der Waals surface area contributed by atoms with E-state index in [9.17, 15) is 9.18 Å². The van der Waals surface area contributed by atoms with Crippen LogP contribution in [0.15, 0.2) is 35.5 Å². The third-order valence-corrected chi connectivity index (χ3v) is 4.33. The zero-order chi connectivity index (χ0) is 17.1. The SMILES string of the molecule is Cc1cc(C)n2c(SCC(=O)NCc3ccc(F)cc3)nnc2n1. The molecule has 3 aromatic rings. The molecule has 2 heterocycles. The van der Waals surface area contributed by atoms with Gasteiger partial charge in [0, 0.05) is 17.9 Å². The van der Waals surface area contributed by atoms with Crippen molar-refractivity contribution in [2.24, 2.45) is 0 Å². The quantitative estimate of drug-likeness (QED) is 0.718. The number of aryl methyl sites for hydroxylation is 2. The molecule has 0 aliphatic heterocycles. The number of hydrogen-bond acceptors (Lipinski definition) is 5. The van der Waals surface area contributed by atoms with Crippen LogP contribution < -0.4 is 5.32 Å². The molecular weight excluding hydrogens is 329 g/mol. The summed E-state index contributed by atoms with van der Waals surface area (Å²) in [5.41, 5.74) is 2.69. The van der Waals surface area contributed by atoms with Gasteiger partial charge in [-0.1, -0.05) is 23.9 Å². The van der Waals surface area contributed by atoms with E-state index in [1.165, 1.54) is 23.9 Å². The van der Waals surface area contributed by atoms with Crippen molar-refractivity contribution in [2.45, 2.75) is 25.5 Å². The van der Waals surface area contributed by atoms with Crippen molar-refractivity contribution < 1.29 is 9.18 Å². The number of amides is 1. The first-order valence-corrected chi connectivity index (χ1v) is 8.35. The minimum absolute atomic E-state index is 0.126. The summed E-state index contributed by atoms with van der Waals surface area (Å²) in [6, 6.07) is 7.97. The van der Waals surface area contributed by atoms with Crippen LogP contribution in [-0.4, -0.2) is 31.2 Å². The molecule has 1 amide bonds. The molecule has 0 unspecified atom stereocenters. The Morgan fingerprint density at radius 2 is 2.00 bits per heavy atom. The van der Waals surface area contributed by atoms with Crippen LogP contribution in [0.3, 0.4) is 0 Å². The fourth-order valence-corrected chi connectivity index (χ4v) is 3.09. The second-order valence-corrected chi connectivity index (χ2v) is 6.29. The molecule has 0 bridgehead atoms. The van der Waals surface area contributed by atoms with Gasteiger partial charge < -0.3 is 5.32 Å². The predicted molar refractivity (Wildman–Crippen MR) is 89.2 cm³/mol. The van der Waals surface area contributed by atoms with E-state index in [1.807, 2.05) is 24.3 Å². The maximum absolute atomic E-state index is 12.8. The number of rotatable bonds is 5. The van der Waals surface area contributed by atoms with Gasteiger partial charge in [-0.3, -0.25) is 9.20 Å². The number of fused-ring (bicyclic) bond motifs is 1. The van der Waals surface area contributed by atoms with Crippen LogP contribution in [0, 0.1) is 19.7 Å². The van der Waals surface area contributed by atoms with E-state index in [-0.39, 0.29) is 17.5 Å². The van der Waals surface area contributed by atoms with Crippen molar-refractivity contribution in [2.75, 3.05) is 5.75 Å². The second-order valence-electron chi connectivity index (χ2n) is 5.35. The van der Waals surface area contributed by atoms with Gasteiger partial charge in [0.2, 0.25) is 5.91 Å². The lowest BCUT2D eigenvalue weighted by molar-refractivity contribution is -0.118. The number of nitrogens with one attached hydrogen (secondary N) is 1. The van der Waals surface area contributed by atoms with E-state index < -0.39 is 0 Å². The zero-order valence-corrected chi connectivity index (χ0v) is 14.1. The third-order valence-electron chi connectivity index (χ3n) is 3.40. The third kappa shape index (κ3) is 3.70. The van der Waals surface area contributed by atoms with Crippen molar-refractivity contribution in [3.8, 4) is 0 Å². The van der Waals surface area contributed by atoms with Crippen LogP contribution in [0.25, 0.3) is 5.78 Å². The van der Waals surface area contributed by atoms with Gasteiger partial charge in [0.1, 0.15) is 5.82 Å². The summed E-state index contributed by atoms with van der Waals surface area (Å²) in [5, 5.41) is 11.6. The zero-order valence-electron chi connectivity index (χ0n) is 13.3. The van der Waals surface area contributed by atoms with Crippen LogP contribution in [0.1, 0.15) is 17.0 Å². The van der Waals surface area contributed by atoms with E-state index in [4.69, 9.17) is 0 Å². The fourth-order valence-electron chi connectivity index (χ4n) is 2.28. The van der Waals surface area contributed by atoms with Crippen molar-refractivity contribution in [1.29, 1.82) is 0 Å². The smallest absolute Gasteiger partial charge is 0.256 e. The molecule has 1 N–H and O–H groups in total. The molecule has 0 saturated heterocycles. The number of carbonyl (C=O) groups excluding carboxylic acids is 1. The highest BCUT2D eigenvalue weighted by Gasteiger charge is 2.12. The molecule has 6 nitrogen and oxygen atoms in total. The van der Waals surface area contributed by atoms with E-state index in [1.54, 1.807) is 12.1 Å². The highest BCUT2D eigenvalue weighted by atomic mass is 32.2. The summed E-state index contributed by atoms with van der Waals surface area (Å²) >= 11 is 1.30. The average Bonchev–Trinajstić information content (AvgIpc) is 2.95. The lowest BCUT2D eigenvalue weighted by Gasteiger charge is -2.06. The molecule has 0 fully saturated rings. The number of thioether (sulfide) groups is 1. The molecule has 8 heteroatoms. The number of carbonyl (C=O) groups is 1. The summed E-state index contributed by atoms with van der Waals surface area (Å²) < 4.78 is 14.7. The molecule has 0 radical (unpaired) electrons. The largest absolute Gasteiger partial charge is 0.351 e. The van der Waals surface area contributed by atoms with Gasteiger partial charge in [0.25, 0.3) is 5.78 Å². The highest BCUT2D eigenvalue weighted by Crippen LogP contribution is 2.18. The van der Waals surface area contributed by atoms with Crippen LogP contribution in [-0.2, 0) is 11.3 Å². The number of hydrogen-bond donors (Lipinski definition) is 1. The van der Waals surface area contributed by atoms with Gasteiger partial charge in [-0.25, -0.2) is 9.37 Å². The second kappa shape index (κ2) is 6.96. The first kappa shape index (κ1) is 16.4. The summed E-state index contributed by atoms with van der Waals surface area (Å²) in [6.07, 6.45) is 0. The molecule has 0 atom stereocenters. The predicted octanol–water partition coefficient (Wildman–Crippen LogP) is 2.29. The molecule has 124 valence electrons. The van der Waals surface area contributed by atoms with Crippen LogP contribution in [0.5, 0.6) is 0 Å². The average molecular weight is 345 g/mol. The molecule has 0 saturated carbocycles. The van der Waals surface area contributed by atoms with Crippen molar-refractivity contribution in [1.82, 2.24) is 24.9 Å². The molecule has 3 rings (SSSR count). The maximum atomic E-state index is 12.8. The van der Waals surface area contributed by atoms with Gasteiger partial charge in [-0.05, 0) is 37.6 Å². The van der Waals surface area contributed by atoms with Gasteiger partial charge in [0.15, 0.2) is 5.16 Å². The van der Waals surface area contributed by atoms with Gasteiger partial charge in [-0.2, -0.15) is 0 Å². The lowest BCUT2D eigenvalue weighted by atomic mass is 10.2. The Kier molecular flexibility index (Phi) is 4.75. The van der Waals surface area contributed by atoms with E-state index in [0.29, 0.717) is 17.5 Å². The molecular formula is C16H16FN5OS.